The van der Waals surface area contributed by atoms with E-state index >= 15 is 0 Å². The lowest BCUT2D eigenvalue weighted by Crippen LogP contribution is -2.25. The number of nitrogens with zero attached hydrogens (tertiary/aromatic N) is 3. The summed E-state index contributed by atoms with van der Waals surface area (Å²) in [5, 5.41) is 0.438. The van der Waals surface area contributed by atoms with Crippen molar-refractivity contribution in [2.24, 2.45) is 4.99 Å². The number of rotatable bonds is 3. The van der Waals surface area contributed by atoms with E-state index in [1.165, 1.54) is 16.7 Å². The first-order valence-electron chi connectivity index (χ1n) is 5.38. The third kappa shape index (κ3) is 2.53. The van der Waals surface area contributed by atoms with Gasteiger partial charge in [-0.2, -0.15) is 4.99 Å². The van der Waals surface area contributed by atoms with Gasteiger partial charge < -0.3 is 4.90 Å². The molecular weight excluding hydrogens is 250 g/mol. The van der Waals surface area contributed by atoms with Crippen LogP contribution in [0.2, 0.25) is 0 Å². The fourth-order valence-electron chi connectivity index (χ4n) is 1.55. The molecule has 0 N–H and O–H groups in total. The lowest BCUT2D eigenvalue weighted by molar-refractivity contribution is -0.115. The number of aliphatic imine (C=N–C) groups is 1. The minimum atomic E-state index is -0.202. The summed E-state index contributed by atoms with van der Waals surface area (Å²) in [5.74, 6) is 0.0990. The molecule has 0 aromatic heterocycles. The fourth-order valence-corrected chi connectivity index (χ4v) is 2.32. The second-order valence-corrected chi connectivity index (χ2v) is 4.91. The van der Waals surface area contributed by atoms with E-state index in [1.54, 1.807) is 0 Å². The number of carbonyl (C=O) groups excluding carboxylic acids is 2. The topological polar surface area (TPSA) is 53.0 Å². The number of carbonyl (C=O) groups is 2. The maximum Gasteiger partial charge on any atom is 0.258 e. The highest BCUT2D eigenvalue weighted by molar-refractivity contribution is 8.15. The molecule has 0 saturated heterocycles. The molecule has 0 atom stereocenters. The minimum Gasteiger partial charge on any atom is -0.378 e. The summed E-state index contributed by atoms with van der Waals surface area (Å²) in [5.41, 5.74) is 1.75. The molecule has 1 aromatic rings. The Morgan fingerprint density at radius 2 is 1.83 bits per heavy atom. The smallest absolute Gasteiger partial charge is 0.258 e. The molecule has 0 bridgehead atoms. The van der Waals surface area contributed by atoms with Crippen LogP contribution in [0.3, 0.4) is 0 Å². The van der Waals surface area contributed by atoms with E-state index in [1.807, 2.05) is 43.3 Å². The first kappa shape index (κ1) is 12.6. The van der Waals surface area contributed by atoms with Crippen molar-refractivity contribution in [2.45, 2.75) is 0 Å². The van der Waals surface area contributed by atoms with E-state index in [4.69, 9.17) is 0 Å². The number of benzene rings is 1. The van der Waals surface area contributed by atoms with E-state index in [9.17, 15) is 9.59 Å². The van der Waals surface area contributed by atoms with Gasteiger partial charge in [0.25, 0.3) is 5.91 Å². The zero-order chi connectivity index (χ0) is 13.1. The first-order valence-corrected chi connectivity index (χ1v) is 6.36. The van der Waals surface area contributed by atoms with Crippen LogP contribution in [0.15, 0.2) is 29.3 Å². The molecule has 1 aliphatic rings. The Morgan fingerprint density at radius 1 is 1.22 bits per heavy atom. The Labute approximate surface area is 109 Å². The fraction of sp³-hybridized carbons (Fsp3) is 0.250. The Kier molecular flexibility index (Phi) is 3.66. The van der Waals surface area contributed by atoms with Crippen molar-refractivity contribution < 1.29 is 9.59 Å². The summed E-state index contributed by atoms with van der Waals surface area (Å²) in [6.07, 6.45) is 0.676. The molecule has 1 aliphatic heterocycles. The Balaban J connectivity index is 2.25. The van der Waals surface area contributed by atoms with Crippen molar-refractivity contribution >= 4 is 40.6 Å². The largest absolute Gasteiger partial charge is 0.378 e. The predicted octanol–water partition coefficient (Wildman–Crippen LogP) is 1.34. The molecule has 0 radical (unpaired) electrons. The lowest BCUT2D eigenvalue weighted by atomic mass is 10.2. The second-order valence-electron chi connectivity index (χ2n) is 3.96. The molecule has 1 heterocycles. The Morgan fingerprint density at radius 3 is 2.28 bits per heavy atom. The standard InChI is InChI=1S/C12H13N3O2S/c1-14(2)9-3-5-10(6-4-9)15(8-16)12-13-11(17)7-18-12/h3-6,8H,7H2,1-2H3. The van der Waals surface area contributed by atoms with Crippen molar-refractivity contribution in [1.29, 1.82) is 0 Å². The average Bonchev–Trinajstić information content (AvgIpc) is 2.77. The average molecular weight is 263 g/mol. The number of thioether (sulfide) groups is 1. The van der Waals surface area contributed by atoms with Crippen LogP contribution in [0.5, 0.6) is 0 Å². The SMILES string of the molecule is CN(C)c1ccc(N(C=O)C2=NC(=O)CS2)cc1. The maximum atomic E-state index is 11.1. The van der Waals surface area contributed by atoms with Gasteiger partial charge in [-0.15, -0.1) is 0 Å². The molecule has 0 saturated carbocycles. The van der Waals surface area contributed by atoms with Gasteiger partial charge in [-0.1, -0.05) is 11.8 Å². The third-order valence-electron chi connectivity index (χ3n) is 2.50. The van der Waals surface area contributed by atoms with Crippen LogP contribution >= 0.6 is 11.8 Å². The molecule has 5 nitrogen and oxygen atoms in total. The summed E-state index contributed by atoms with van der Waals surface area (Å²) in [6, 6.07) is 7.48. The zero-order valence-electron chi connectivity index (χ0n) is 10.2. The maximum absolute atomic E-state index is 11.1. The van der Waals surface area contributed by atoms with Crippen LogP contribution in [0.4, 0.5) is 11.4 Å². The second kappa shape index (κ2) is 5.22. The van der Waals surface area contributed by atoms with E-state index in [-0.39, 0.29) is 5.91 Å². The monoisotopic (exact) mass is 263 g/mol. The van der Waals surface area contributed by atoms with Gasteiger partial charge in [0.15, 0.2) is 5.17 Å². The quantitative estimate of drug-likeness (QED) is 0.772. The van der Waals surface area contributed by atoms with Gasteiger partial charge in [0, 0.05) is 19.8 Å². The van der Waals surface area contributed by atoms with Gasteiger partial charge in [0.1, 0.15) is 0 Å². The van der Waals surface area contributed by atoms with E-state index < -0.39 is 0 Å². The summed E-state index contributed by atoms with van der Waals surface area (Å²) >= 11 is 1.27. The van der Waals surface area contributed by atoms with Crippen LogP contribution in [0, 0.1) is 0 Å². The number of anilines is 2. The summed E-state index contributed by atoms with van der Waals surface area (Å²) in [6.45, 7) is 0. The minimum absolute atomic E-state index is 0.202. The Bertz CT molecular complexity index is 497. The van der Waals surface area contributed by atoms with Crippen molar-refractivity contribution in [2.75, 3.05) is 29.6 Å². The molecule has 2 rings (SSSR count). The third-order valence-corrected chi connectivity index (χ3v) is 3.44. The number of hydrogen-bond donors (Lipinski definition) is 0. The van der Waals surface area contributed by atoms with Gasteiger partial charge in [-0.05, 0) is 24.3 Å². The van der Waals surface area contributed by atoms with E-state index in [2.05, 4.69) is 4.99 Å². The van der Waals surface area contributed by atoms with Crippen LogP contribution in [0.1, 0.15) is 0 Å². The molecule has 0 fully saturated rings. The molecule has 1 aromatic carbocycles. The first-order chi connectivity index (χ1) is 8.61. The molecule has 0 unspecified atom stereocenters. The number of hydrogen-bond acceptors (Lipinski definition) is 4. The van der Waals surface area contributed by atoms with E-state index in [0.29, 0.717) is 23.0 Å². The van der Waals surface area contributed by atoms with Crippen LogP contribution in [0.25, 0.3) is 0 Å². The lowest BCUT2D eigenvalue weighted by Gasteiger charge is -2.18. The number of amides is 2. The predicted molar refractivity (Wildman–Crippen MR) is 74.2 cm³/mol. The highest BCUT2D eigenvalue weighted by atomic mass is 32.2. The van der Waals surface area contributed by atoms with Crippen LogP contribution in [-0.2, 0) is 9.59 Å². The zero-order valence-corrected chi connectivity index (χ0v) is 11.0. The van der Waals surface area contributed by atoms with Gasteiger partial charge >= 0.3 is 0 Å². The molecule has 18 heavy (non-hydrogen) atoms. The van der Waals surface area contributed by atoms with Crippen molar-refractivity contribution in [3.8, 4) is 0 Å². The normalized spacial score (nSPS) is 14.3. The van der Waals surface area contributed by atoms with Crippen LogP contribution < -0.4 is 9.80 Å². The highest BCUT2D eigenvalue weighted by Gasteiger charge is 2.21. The molecule has 6 heteroatoms. The van der Waals surface area contributed by atoms with E-state index in [0.717, 1.165) is 5.69 Å². The van der Waals surface area contributed by atoms with Gasteiger partial charge in [-0.3, -0.25) is 14.5 Å². The molecule has 0 spiro atoms. The van der Waals surface area contributed by atoms with Gasteiger partial charge in [-0.25, -0.2) is 0 Å². The van der Waals surface area contributed by atoms with Crippen molar-refractivity contribution in [3.63, 3.8) is 0 Å². The van der Waals surface area contributed by atoms with Crippen molar-refractivity contribution in [1.82, 2.24) is 0 Å². The number of amidine groups is 1. The van der Waals surface area contributed by atoms with Gasteiger partial charge in [0.2, 0.25) is 6.41 Å². The highest BCUT2D eigenvalue weighted by Crippen LogP contribution is 2.24. The Hall–Kier alpha value is -1.82. The molecule has 2 amide bonds. The summed E-state index contributed by atoms with van der Waals surface area (Å²) in [7, 11) is 3.89. The van der Waals surface area contributed by atoms with Gasteiger partial charge in [0.05, 0.1) is 11.4 Å². The molecular formula is C12H13N3O2S. The van der Waals surface area contributed by atoms with Crippen molar-refractivity contribution in [3.05, 3.63) is 24.3 Å². The van der Waals surface area contributed by atoms with Crippen LogP contribution in [-0.4, -0.2) is 37.3 Å². The molecule has 94 valence electrons. The molecule has 0 aliphatic carbocycles. The summed E-state index contributed by atoms with van der Waals surface area (Å²) in [4.78, 5) is 29.4. The summed E-state index contributed by atoms with van der Waals surface area (Å²) < 4.78 is 0.